The first-order valence-electron chi connectivity index (χ1n) is 7.09. The molecule has 0 aromatic heterocycles. The first-order valence-corrected chi connectivity index (χ1v) is 7.97. The van der Waals surface area contributed by atoms with E-state index in [1.54, 1.807) is 11.8 Å². The molecule has 0 saturated carbocycles. The van der Waals surface area contributed by atoms with Crippen LogP contribution in [0.4, 0.5) is 0 Å². The van der Waals surface area contributed by atoms with Crippen LogP contribution >= 0.6 is 11.8 Å². The Morgan fingerprint density at radius 1 is 1.30 bits per heavy atom. The summed E-state index contributed by atoms with van der Waals surface area (Å²) in [4.78, 5) is 0. The molecule has 0 radical (unpaired) electrons. The van der Waals surface area contributed by atoms with E-state index in [-0.39, 0.29) is 10.00 Å². The molecule has 4 heteroatoms. The zero-order valence-corrected chi connectivity index (χ0v) is 13.2. The van der Waals surface area contributed by atoms with Gasteiger partial charge in [0.2, 0.25) is 0 Å². The Hall–Kier alpha value is -0.550. The molecule has 3 atom stereocenters. The first kappa shape index (κ1) is 15.8. The molecule has 0 aliphatic carbocycles. The zero-order valence-electron chi connectivity index (χ0n) is 12.4. The molecule has 20 heavy (non-hydrogen) atoms. The van der Waals surface area contributed by atoms with Crippen LogP contribution in [0.1, 0.15) is 32.8 Å². The van der Waals surface area contributed by atoms with E-state index in [9.17, 15) is 5.11 Å². The minimum atomic E-state index is -0.573. The normalized spacial score (nSPS) is 27.5. The fourth-order valence-electron chi connectivity index (χ4n) is 2.23. The van der Waals surface area contributed by atoms with Crippen LogP contribution in [0.15, 0.2) is 30.3 Å². The van der Waals surface area contributed by atoms with Gasteiger partial charge >= 0.3 is 0 Å². The summed E-state index contributed by atoms with van der Waals surface area (Å²) in [6.45, 7) is 7.61. The lowest BCUT2D eigenvalue weighted by Gasteiger charge is -2.37. The third kappa shape index (κ3) is 4.77. The summed E-state index contributed by atoms with van der Waals surface area (Å²) in [5.41, 5.74) is 1.09. The molecular formula is C16H24O3S. The quantitative estimate of drug-likeness (QED) is 0.926. The standard InChI is InChI=1S/C16H24O3S/c1-16(2,3)20-13-9-10-18-15(14(13)17)19-11-12-7-5-4-6-8-12/h4-8,13-15,17H,9-11H2,1-3H3/t13-,14+,15-/m0/s1. The molecule has 3 nitrogen and oxygen atoms in total. The van der Waals surface area contributed by atoms with Crippen molar-refractivity contribution in [1.82, 2.24) is 0 Å². The number of hydrogen-bond donors (Lipinski definition) is 1. The first-order chi connectivity index (χ1) is 9.46. The highest BCUT2D eigenvalue weighted by Gasteiger charge is 2.36. The smallest absolute Gasteiger partial charge is 0.184 e. The second-order valence-corrected chi connectivity index (χ2v) is 8.15. The highest BCUT2D eigenvalue weighted by molar-refractivity contribution is 8.01. The van der Waals surface area contributed by atoms with Gasteiger partial charge in [-0.3, -0.25) is 0 Å². The van der Waals surface area contributed by atoms with Gasteiger partial charge in [-0.1, -0.05) is 51.1 Å². The van der Waals surface area contributed by atoms with Crippen LogP contribution in [0.3, 0.4) is 0 Å². The third-order valence-electron chi connectivity index (χ3n) is 3.11. The summed E-state index contributed by atoms with van der Waals surface area (Å²) in [6, 6.07) is 9.96. The lowest BCUT2D eigenvalue weighted by molar-refractivity contribution is -0.217. The number of rotatable bonds is 4. The van der Waals surface area contributed by atoms with Gasteiger partial charge in [0.15, 0.2) is 6.29 Å². The SMILES string of the molecule is CC(C)(C)S[C@H]1CCO[C@@H](OCc2ccccc2)[C@@H]1O. The molecule has 0 bridgehead atoms. The number of ether oxygens (including phenoxy) is 2. The maximum atomic E-state index is 10.4. The highest BCUT2D eigenvalue weighted by atomic mass is 32.2. The van der Waals surface area contributed by atoms with Gasteiger partial charge < -0.3 is 14.6 Å². The summed E-state index contributed by atoms with van der Waals surface area (Å²) < 4.78 is 11.4. The van der Waals surface area contributed by atoms with Gasteiger partial charge in [-0.2, -0.15) is 0 Å². The van der Waals surface area contributed by atoms with E-state index >= 15 is 0 Å². The van der Waals surface area contributed by atoms with E-state index in [0.717, 1.165) is 12.0 Å². The Morgan fingerprint density at radius 2 is 2.00 bits per heavy atom. The summed E-state index contributed by atoms with van der Waals surface area (Å²) in [5, 5.41) is 10.6. The fraction of sp³-hybridized carbons (Fsp3) is 0.625. The van der Waals surface area contributed by atoms with Crippen LogP contribution in [-0.4, -0.2) is 34.1 Å². The fourth-order valence-corrected chi connectivity index (χ4v) is 3.62. The van der Waals surface area contributed by atoms with Crippen molar-refractivity contribution >= 4 is 11.8 Å². The Balaban J connectivity index is 1.88. The van der Waals surface area contributed by atoms with Gasteiger partial charge in [-0.15, -0.1) is 11.8 Å². The third-order valence-corrected chi connectivity index (χ3v) is 4.63. The van der Waals surface area contributed by atoms with Crippen molar-refractivity contribution in [3.05, 3.63) is 35.9 Å². The van der Waals surface area contributed by atoms with E-state index < -0.39 is 12.4 Å². The average Bonchev–Trinajstić information content (AvgIpc) is 2.39. The minimum Gasteiger partial charge on any atom is -0.387 e. The number of benzene rings is 1. The number of aliphatic hydroxyl groups is 1. The van der Waals surface area contributed by atoms with E-state index in [0.29, 0.717) is 13.2 Å². The van der Waals surface area contributed by atoms with Crippen molar-refractivity contribution in [2.24, 2.45) is 0 Å². The number of thioether (sulfide) groups is 1. The molecule has 0 unspecified atom stereocenters. The van der Waals surface area contributed by atoms with E-state index in [1.807, 2.05) is 30.3 Å². The van der Waals surface area contributed by atoms with Crippen molar-refractivity contribution in [3.63, 3.8) is 0 Å². The molecule has 2 rings (SSSR count). The van der Waals surface area contributed by atoms with Crippen LogP contribution in [-0.2, 0) is 16.1 Å². The van der Waals surface area contributed by atoms with E-state index in [1.165, 1.54) is 0 Å². The lowest BCUT2D eigenvalue weighted by atomic mass is 10.1. The Kier molecular flexibility index (Phi) is 5.49. The predicted molar refractivity (Wildman–Crippen MR) is 82.7 cm³/mol. The number of hydrogen-bond acceptors (Lipinski definition) is 4. The Morgan fingerprint density at radius 3 is 2.65 bits per heavy atom. The summed E-state index contributed by atoms with van der Waals surface area (Å²) in [6.07, 6.45) is -0.227. The van der Waals surface area contributed by atoms with Crippen LogP contribution < -0.4 is 0 Å². The van der Waals surface area contributed by atoms with Gasteiger partial charge in [0, 0.05) is 10.00 Å². The maximum absolute atomic E-state index is 10.4. The predicted octanol–water partition coefficient (Wildman–Crippen LogP) is 3.21. The molecule has 1 N–H and O–H groups in total. The molecule has 1 aliphatic rings. The molecule has 0 spiro atoms. The van der Waals surface area contributed by atoms with Gasteiger partial charge in [0.1, 0.15) is 6.10 Å². The topological polar surface area (TPSA) is 38.7 Å². The summed E-state index contributed by atoms with van der Waals surface area (Å²) in [5.74, 6) is 0. The Bertz CT molecular complexity index is 402. The molecule has 1 aromatic carbocycles. The van der Waals surface area contributed by atoms with Crippen LogP contribution in [0.25, 0.3) is 0 Å². The van der Waals surface area contributed by atoms with Crippen molar-refractivity contribution in [2.45, 2.75) is 56.2 Å². The highest BCUT2D eigenvalue weighted by Crippen LogP contribution is 2.35. The molecule has 1 aromatic rings. The zero-order chi connectivity index (χ0) is 14.6. The number of aliphatic hydroxyl groups excluding tert-OH is 1. The van der Waals surface area contributed by atoms with E-state index in [4.69, 9.17) is 9.47 Å². The van der Waals surface area contributed by atoms with Crippen molar-refractivity contribution < 1.29 is 14.6 Å². The van der Waals surface area contributed by atoms with Crippen LogP contribution in [0.2, 0.25) is 0 Å². The summed E-state index contributed by atoms with van der Waals surface area (Å²) >= 11 is 1.80. The average molecular weight is 296 g/mol. The maximum Gasteiger partial charge on any atom is 0.184 e. The van der Waals surface area contributed by atoms with E-state index in [2.05, 4.69) is 20.8 Å². The second kappa shape index (κ2) is 6.94. The Labute approximate surface area is 125 Å². The molecule has 112 valence electrons. The minimum absolute atomic E-state index is 0.132. The lowest BCUT2D eigenvalue weighted by Crippen LogP contribution is -2.45. The van der Waals surface area contributed by atoms with Crippen LogP contribution in [0.5, 0.6) is 0 Å². The molecular weight excluding hydrogens is 272 g/mol. The van der Waals surface area contributed by atoms with Gasteiger partial charge in [-0.05, 0) is 12.0 Å². The summed E-state index contributed by atoms with van der Waals surface area (Å²) in [7, 11) is 0. The van der Waals surface area contributed by atoms with Crippen molar-refractivity contribution in [2.75, 3.05) is 6.61 Å². The largest absolute Gasteiger partial charge is 0.387 e. The van der Waals surface area contributed by atoms with Gasteiger partial charge in [0.25, 0.3) is 0 Å². The molecule has 1 aliphatic heterocycles. The monoisotopic (exact) mass is 296 g/mol. The van der Waals surface area contributed by atoms with Gasteiger partial charge in [-0.25, -0.2) is 0 Å². The van der Waals surface area contributed by atoms with Crippen molar-refractivity contribution in [1.29, 1.82) is 0 Å². The second-order valence-electron chi connectivity index (χ2n) is 6.08. The molecule has 1 heterocycles. The molecule has 1 fully saturated rings. The van der Waals surface area contributed by atoms with Gasteiger partial charge in [0.05, 0.1) is 13.2 Å². The van der Waals surface area contributed by atoms with Crippen molar-refractivity contribution in [3.8, 4) is 0 Å². The molecule has 0 amide bonds. The molecule has 1 saturated heterocycles. The van der Waals surface area contributed by atoms with Crippen LogP contribution in [0, 0.1) is 0 Å².